The van der Waals surface area contributed by atoms with Gasteiger partial charge in [-0.05, 0) is 31.0 Å². The molecule has 3 aromatic rings. The molecule has 2 aromatic carbocycles. The smallest absolute Gasteiger partial charge is 0.317 e. The molecule has 1 aliphatic rings. The molecule has 0 spiro atoms. The first-order chi connectivity index (χ1) is 12.8. The van der Waals surface area contributed by atoms with E-state index in [1.807, 2.05) is 29.2 Å². The van der Waals surface area contributed by atoms with Crippen LogP contribution in [0.2, 0.25) is 0 Å². The molecule has 0 bridgehead atoms. The molecule has 0 unspecified atom stereocenters. The van der Waals surface area contributed by atoms with Crippen LogP contribution in [0.1, 0.15) is 30.7 Å². The first-order valence-corrected chi connectivity index (χ1v) is 9.28. The molecule has 0 saturated carbocycles. The minimum atomic E-state index is -0.00172. The van der Waals surface area contributed by atoms with Gasteiger partial charge in [-0.15, -0.1) is 0 Å². The van der Waals surface area contributed by atoms with Crippen molar-refractivity contribution >= 4 is 17.1 Å². The van der Waals surface area contributed by atoms with E-state index in [0.717, 1.165) is 42.9 Å². The SMILES string of the molecule is CCn1c(CNC(=O)N2CC[C@H](c3ccccc3)C2)nc2ccccc21. The predicted octanol–water partition coefficient (Wildman–Crippen LogP) is 3.76. The summed E-state index contributed by atoms with van der Waals surface area (Å²) in [5, 5.41) is 3.05. The lowest BCUT2D eigenvalue weighted by Crippen LogP contribution is -2.38. The van der Waals surface area contributed by atoms with Crippen molar-refractivity contribution in [3.63, 3.8) is 0 Å². The number of likely N-dealkylation sites (tertiary alicyclic amines) is 1. The number of imidazole rings is 1. The number of aromatic nitrogens is 2. The first-order valence-electron chi connectivity index (χ1n) is 9.28. The van der Waals surface area contributed by atoms with E-state index in [4.69, 9.17) is 0 Å². The van der Waals surface area contributed by atoms with Gasteiger partial charge >= 0.3 is 6.03 Å². The largest absolute Gasteiger partial charge is 0.331 e. The average molecular weight is 348 g/mol. The molecule has 1 atom stereocenters. The molecule has 4 rings (SSSR count). The van der Waals surface area contributed by atoms with Crippen molar-refractivity contribution < 1.29 is 4.79 Å². The maximum Gasteiger partial charge on any atom is 0.317 e. The fraction of sp³-hybridized carbons (Fsp3) is 0.333. The van der Waals surface area contributed by atoms with Gasteiger partial charge in [-0.3, -0.25) is 0 Å². The maximum atomic E-state index is 12.6. The number of carbonyl (C=O) groups is 1. The second-order valence-corrected chi connectivity index (χ2v) is 6.76. The molecule has 26 heavy (non-hydrogen) atoms. The van der Waals surface area contributed by atoms with Crippen molar-refractivity contribution in [2.75, 3.05) is 13.1 Å². The van der Waals surface area contributed by atoms with Gasteiger partial charge in [0.25, 0.3) is 0 Å². The summed E-state index contributed by atoms with van der Waals surface area (Å²) in [6.07, 6.45) is 1.02. The second kappa shape index (κ2) is 7.20. The lowest BCUT2D eigenvalue weighted by Gasteiger charge is -2.17. The van der Waals surface area contributed by atoms with E-state index in [2.05, 4.69) is 52.1 Å². The Balaban J connectivity index is 1.40. The Labute approximate surface area is 153 Å². The lowest BCUT2D eigenvalue weighted by atomic mass is 9.99. The summed E-state index contributed by atoms with van der Waals surface area (Å²) in [5.74, 6) is 1.34. The highest BCUT2D eigenvalue weighted by Gasteiger charge is 2.27. The van der Waals surface area contributed by atoms with E-state index in [1.54, 1.807) is 0 Å². The van der Waals surface area contributed by atoms with Crippen molar-refractivity contribution in [3.05, 3.63) is 66.0 Å². The van der Waals surface area contributed by atoms with Crippen LogP contribution in [0.25, 0.3) is 11.0 Å². The van der Waals surface area contributed by atoms with E-state index >= 15 is 0 Å². The predicted molar refractivity (Wildman–Crippen MR) is 103 cm³/mol. The van der Waals surface area contributed by atoms with Crippen molar-refractivity contribution in [2.24, 2.45) is 0 Å². The van der Waals surface area contributed by atoms with Crippen LogP contribution in [0.3, 0.4) is 0 Å². The Morgan fingerprint density at radius 3 is 2.73 bits per heavy atom. The molecule has 2 heterocycles. The van der Waals surface area contributed by atoms with Gasteiger partial charge in [-0.25, -0.2) is 9.78 Å². The molecule has 1 aromatic heterocycles. The van der Waals surface area contributed by atoms with Crippen molar-refractivity contribution in [3.8, 4) is 0 Å². The number of aryl methyl sites for hydroxylation is 1. The number of urea groups is 1. The number of hydrogen-bond donors (Lipinski definition) is 1. The zero-order valence-electron chi connectivity index (χ0n) is 15.1. The molecular weight excluding hydrogens is 324 g/mol. The van der Waals surface area contributed by atoms with Crippen LogP contribution in [0, 0.1) is 0 Å². The van der Waals surface area contributed by atoms with Gasteiger partial charge < -0.3 is 14.8 Å². The number of para-hydroxylation sites is 2. The molecule has 1 saturated heterocycles. The monoisotopic (exact) mass is 348 g/mol. The summed E-state index contributed by atoms with van der Waals surface area (Å²) in [6.45, 7) is 4.97. The molecule has 5 nitrogen and oxygen atoms in total. The third kappa shape index (κ3) is 3.17. The van der Waals surface area contributed by atoms with Crippen molar-refractivity contribution in [2.45, 2.75) is 32.4 Å². The third-order valence-corrected chi connectivity index (χ3v) is 5.19. The van der Waals surface area contributed by atoms with Crippen LogP contribution in [-0.2, 0) is 13.1 Å². The minimum absolute atomic E-state index is 0.00172. The number of amides is 2. The van der Waals surface area contributed by atoms with Gasteiger partial charge in [-0.2, -0.15) is 0 Å². The van der Waals surface area contributed by atoms with Gasteiger partial charge in [0.05, 0.1) is 17.6 Å². The molecule has 1 fully saturated rings. The van der Waals surface area contributed by atoms with Gasteiger partial charge in [0.2, 0.25) is 0 Å². The zero-order valence-corrected chi connectivity index (χ0v) is 15.1. The summed E-state index contributed by atoms with van der Waals surface area (Å²) in [4.78, 5) is 19.2. The van der Waals surface area contributed by atoms with Crippen LogP contribution < -0.4 is 5.32 Å². The number of nitrogens with zero attached hydrogens (tertiary/aromatic N) is 3. The highest BCUT2D eigenvalue weighted by molar-refractivity contribution is 5.77. The summed E-state index contributed by atoms with van der Waals surface area (Å²) in [5.41, 5.74) is 3.41. The summed E-state index contributed by atoms with van der Waals surface area (Å²) >= 11 is 0. The fourth-order valence-electron chi connectivity index (χ4n) is 3.82. The highest BCUT2D eigenvalue weighted by atomic mass is 16.2. The van der Waals surface area contributed by atoms with Crippen LogP contribution in [0.4, 0.5) is 4.79 Å². The topological polar surface area (TPSA) is 50.2 Å². The van der Waals surface area contributed by atoms with E-state index in [9.17, 15) is 4.79 Å². The van der Waals surface area contributed by atoms with E-state index < -0.39 is 0 Å². The Morgan fingerprint density at radius 2 is 1.92 bits per heavy atom. The van der Waals surface area contributed by atoms with Gasteiger partial charge in [-0.1, -0.05) is 42.5 Å². The Kier molecular flexibility index (Phi) is 4.61. The summed E-state index contributed by atoms with van der Waals surface area (Å²) in [7, 11) is 0. The van der Waals surface area contributed by atoms with Crippen LogP contribution in [0.15, 0.2) is 54.6 Å². The zero-order chi connectivity index (χ0) is 17.9. The molecule has 0 radical (unpaired) electrons. The molecule has 1 N–H and O–H groups in total. The van der Waals surface area contributed by atoms with Gasteiger partial charge in [0.15, 0.2) is 0 Å². The first kappa shape index (κ1) is 16.6. The number of hydrogen-bond acceptors (Lipinski definition) is 2. The molecule has 5 heteroatoms. The summed E-state index contributed by atoms with van der Waals surface area (Å²) < 4.78 is 2.16. The number of rotatable bonds is 4. The van der Waals surface area contributed by atoms with E-state index in [-0.39, 0.29) is 6.03 Å². The van der Waals surface area contributed by atoms with Crippen LogP contribution in [-0.4, -0.2) is 33.6 Å². The standard InChI is InChI=1S/C21H24N4O/c1-2-25-19-11-7-6-10-18(19)23-20(25)14-22-21(26)24-13-12-17(15-24)16-8-4-3-5-9-16/h3-11,17H,2,12-15H2,1H3,(H,22,26)/t17-/m0/s1. The molecule has 2 amide bonds. The molecule has 134 valence electrons. The van der Waals surface area contributed by atoms with E-state index in [1.165, 1.54) is 5.56 Å². The van der Waals surface area contributed by atoms with Gasteiger partial charge in [0, 0.05) is 25.6 Å². The molecular formula is C21H24N4O. The fourth-order valence-corrected chi connectivity index (χ4v) is 3.82. The number of nitrogens with one attached hydrogen (secondary N) is 1. The maximum absolute atomic E-state index is 12.6. The highest BCUT2D eigenvalue weighted by Crippen LogP contribution is 2.26. The number of fused-ring (bicyclic) bond motifs is 1. The van der Waals surface area contributed by atoms with Crippen LogP contribution in [0.5, 0.6) is 0 Å². The van der Waals surface area contributed by atoms with Gasteiger partial charge in [0.1, 0.15) is 5.82 Å². The number of benzene rings is 2. The normalized spacial score (nSPS) is 17.0. The molecule has 0 aliphatic carbocycles. The van der Waals surface area contributed by atoms with Crippen molar-refractivity contribution in [1.29, 1.82) is 0 Å². The second-order valence-electron chi connectivity index (χ2n) is 6.76. The van der Waals surface area contributed by atoms with Crippen LogP contribution >= 0.6 is 0 Å². The molecule has 1 aliphatic heterocycles. The Hall–Kier alpha value is -2.82. The van der Waals surface area contributed by atoms with Crippen molar-refractivity contribution in [1.82, 2.24) is 19.8 Å². The van der Waals surface area contributed by atoms with E-state index in [0.29, 0.717) is 12.5 Å². The number of carbonyl (C=O) groups excluding carboxylic acids is 1. The Morgan fingerprint density at radius 1 is 1.15 bits per heavy atom. The average Bonchev–Trinajstić information content (AvgIpc) is 3.31. The minimum Gasteiger partial charge on any atom is -0.331 e. The third-order valence-electron chi connectivity index (χ3n) is 5.19. The Bertz CT molecular complexity index is 903. The quantitative estimate of drug-likeness (QED) is 0.780. The summed E-state index contributed by atoms with van der Waals surface area (Å²) in [6, 6.07) is 18.5. The lowest BCUT2D eigenvalue weighted by molar-refractivity contribution is 0.207.